The molecule has 0 unspecified atom stereocenters. The van der Waals surface area contributed by atoms with Gasteiger partial charge in [0.2, 0.25) is 0 Å². The lowest BCUT2D eigenvalue weighted by molar-refractivity contribution is 0.174. The van der Waals surface area contributed by atoms with E-state index in [0.717, 1.165) is 26.2 Å². The van der Waals surface area contributed by atoms with Crippen molar-refractivity contribution in [2.75, 3.05) is 39.3 Å². The molecule has 1 N–H and O–H groups in total. The van der Waals surface area contributed by atoms with Crippen LogP contribution in [0.5, 0.6) is 0 Å². The molecule has 2 aliphatic rings. The monoisotopic (exact) mass is 195 g/mol. The van der Waals surface area contributed by atoms with Gasteiger partial charge in [0.1, 0.15) is 0 Å². The minimum absolute atomic E-state index is 1.10. The van der Waals surface area contributed by atoms with E-state index in [9.17, 15) is 0 Å². The molecule has 2 aliphatic heterocycles. The van der Waals surface area contributed by atoms with Gasteiger partial charge in [-0.25, -0.2) is 0 Å². The summed E-state index contributed by atoms with van der Waals surface area (Å²) >= 11 is 0. The maximum atomic E-state index is 4.23. The molecule has 0 radical (unpaired) electrons. The van der Waals surface area contributed by atoms with Crippen LogP contribution in [0.3, 0.4) is 0 Å². The van der Waals surface area contributed by atoms with Crippen LogP contribution < -0.4 is 5.32 Å². The number of piperazine rings is 1. The van der Waals surface area contributed by atoms with Crippen LogP contribution in [0.4, 0.5) is 0 Å². The Hall–Kier alpha value is -0.700. The summed E-state index contributed by atoms with van der Waals surface area (Å²) in [7, 11) is 0. The molecule has 2 fully saturated rings. The first-order chi connectivity index (χ1) is 6.88. The zero-order valence-corrected chi connectivity index (χ0v) is 8.97. The van der Waals surface area contributed by atoms with Crippen molar-refractivity contribution in [1.82, 2.24) is 15.1 Å². The van der Waals surface area contributed by atoms with Gasteiger partial charge < -0.3 is 15.1 Å². The normalized spacial score (nSPS) is 23.7. The maximum Gasteiger partial charge on any atom is 0.0965 e. The summed E-state index contributed by atoms with van der Waals surface area (Å²) in [4.78, 5) is 4.87. The second-order valence-electron chi connectivity index (χ2n) is 4.20. The highest BCUT2D eigenvalue weighted by Crippen LogP contribution is 2.16. The molecule has 3 heteroatoms. The van der Waals surface area contributed by atoms with Gasteiger partial charge >= 0.3 is 0 Å². The molecule has 0 aromatic rings. The van der Waals surface area contributed by atoms with Crippen LogP contribution in [0.15, 0.2) is 12.4 Å². The van der Waals surface area contributed by atoms with E-state index >= 15 is 0 Å². The molecule has 14 heavy (non-hydrogen) atoms. The standard InChI is InChI=1S/C11H21N3/c1-11(13-7-3-2-4-8-13)14-9-5-12-6-10-14/h12H,1-10H2. The molecule has 2 heterocycles. The van der Waals surface area contributed by atoms with E-state index in [-0.39, 0.29) is 0 Å². The van der Waals surface area contributed by atoms with Crippen molar-refractivity contribution in [2.24, 2.45) is 0 Å². The van der Waals surface area contributed by atoms with Gasteiger partial charge in [-0.2, -0.15) is 0 Å². The van der Waals surface area contributed by atoms with Crippen molar-refractivity contribution >= 4 is 0 Å². The maximum absolute atomic E-state index is 4.23. The summed E-state index contributed by atoms with van der Waals surface area (Å²) in [5, 5.41) is 3.37. The molecular formula is C11H21N3. The Morgan fingerprint density at radius 2 is 1.43 bits per heavy atom. The van der Waals surface area contributed by atoms with Gasteiger partial charge in [-0.3, -0.25) is 0 Å². The van der Waals surface area contributed by atoms with Crippen molar-refractivity contribution in [3.05, 3.63) is 12.4 Å². The predicted molar refractivity (Wildman–Crippen MR) is 59.0 cm³/mol. The van der Waals surface area contributed by atoms with E-state index in [0.29, 0.717) is 0 Å². The number of piperidine rings is 1. The molecule has 80 valence electrons. The molecule has 2 saturated heterocycles. The van der Waals surface area contributed by atoms with Crippen molar-refractivity contribution in [2.45, 2.75) is 19.3 Å². The van der Waals surface area contributed by atoms with Gasteiger partial charge in [0, 0.05) is 39.3 Å². The largest absolute Gasteiger partial charge is 0.359 e. The van der Waals surface area contributed by atoms with Crippen molar-refractivity contribution < 1.29 is 0 Å². The molecule has 0 aromatic heterocycles. The summed E-state index contributed by atoms with van der Waals surface area (Å²) in [6.45, 7) is 11.1. The van der Waals surface area contributed by atoms with Crippen LogP contribution in [0.1, 0.15) is 19.3 Å². The molecule has 0 atom stereocenters. The number of likely N-dealkylation sites (tertiary alicyclic amines) is 1. The predicted octanol–water partition coefficient (Wildman–Crippen LogP) is 0.849. The highest BCUT2D eigenvalue weighted by atomic mass is 15.3. The lowest BCUT2D eigenvalue weighted by atomic mass is 10.1. The number of nitrogens with one attached hydrogen (secondary N) is 1. The van der Waals surface area contributed by atoms with Crippen LogP contribution >= 0.6 is 0 Å². The quantitative estimate of drug-likeness (QED) is 0.704. The van der Waals surface area contributed by atoms with E-state index in [1.807, 2.05) is 0 Å². The Kier molecular flexibility index (Phi) is 3.30. The summed E-state index contributed by atoms with van der Waals surface area (Å²) in [5.74, 6) is 1.26. The third-order valence-corrected chi connectivity index (χ3v) is 3.20. The summed E-state index contributed by atoms with van der Waals surface area (Å²) in [5.41, 5.74) is 0. The van der Waals surface area contributed by atoms with Gasteiger partial charge in [0.15, 0.2) is 0 Å². The fourth-order valence-corrected chi connectivity index (χ4v) is 2.27. The SMILES string of the molecule is C=C(N1CCCCC1)N1CCNCC1. The summed E-state index contributed by atoms with van der Waals surface area (Å²) < 4.78 is 0. The first-order valence-corrected chi connectivity index (χ1v) is 5.77. The zero-order valence-electron chi connectivity index (χ0n) is 8.97. The molecule has 0 aromatic carbocycles. The van der Waals surface area contributed by atoms with Gasteiger partial charge in [-0.15, -0.1) is 0 Å². The van der Waals surface area contributed by atoms with E-state index in [4.69, 9.17) is 0 Å². The van der Waals surface area contributed by atoms with Crippen molar-refractivity contribution in [3.63, 3.8) is 0 Å². The smallest absolute Gasteiger partial charge is 0.0965 e. The third kappa shape index (κ3) is 2.21. The topological polar surface area (TPSA) is 18.5 Å². The third-order valence-electron chi connectivity index (χ3n) is 3.20. The Balaban J connectivity index is 1.85. The molecule has 0 aliphatic carbocycles. The molecule has 2 rings (SSSR count). The van der Waals surface area contributed by atoms with Gasteiger partial charge in [0.25, 0.3) is 0 Å². The number of nitrogens with zero attached hydrogens (tertiary/aromatic N) is 2. The summed E-state index contributed by atoms with van der Waals surface area (Å²) in [6.07, 6.45) is 4.07. The summed E-state index contributed by atoms with van der Waals surface area (Å²) in [6, 6.07) is 0. The molecule has 0 saturated carbocycles. The molecular weight excluding hydrogens is 174 g/mol. The minimum Gasteiger partial charge on any atom is -0.359 e. The van der Waals surface area contributed by atoms with E-state index in [1.54, 1.807) is 0 Å². The number of hydrogen-bond donors (Lipinski definition) is 1. The average molecular weight is 195 g/mol. The second-order valence-corrected chi connectivity index (χ2v) is 4.20. The molecule has 0 amide bonds. The highest BCUT2D eigenvalue weighted by molar-refractivity contribution is 4.96. The molecule has 0 bridgehead atoms. The van der Waals surface area contributed by atoms with Crippen molar-refractivity contribution in [3.8, 4) is 0 Å². The second kappa shape index (κ2) is 4.69. The Morgan fingerprint density at radius 1 is 0.857 bits per heavy atom. The number of hydrogen-bond acceptors (Lipinski definition) is 3. The van der Waals surface area contributed by atoms with Crippen LogP contribution in [0.2, 0.25) is 0 Å². The fraction of sp³-hybridized carbons (Fsp3) is 0.818. The van der Waals surface area contributed by atoms with Gasteiger partial charge in [0.05, 0.1) is 5.82 Å². The van der Waals surface area contributed by atoms with Crippen molar-refractivity contribution in [1.29, 1.82) is 0 Å². The molecule has 3 nitrogen and oxygen atoms in total. The lowest BCUT2D eigenvalue weighted by Crippen LogP contribution is -2.47. The lowest BCUT2D eigenvalue weighted by Gasteiger charge is -2.39. The Labute approximate surface area is 86.8 Å². The average Bonchev–Trinajstić information content (AvgIpc) is 2.30. The first kappa shape index (κ1) is 9.84. The first-order valence-electron chi connectivity index (χ1n) is 5.77. The molecule has 0 spiro atoms. The fourth-order valence-electron chi connectivity index (χ4n) is 2.27. The minimum atomic E-state index is 1.10. The Morgan fingerprint density at radius 3 is 2.07 bits per heavy atom. The van der Waals surface area contributed by atoms with Crippen LogP contribution in [0, 0.1) is 0 Å². The van der Waals surface area contributed by atoms with Gasteiger partial charge in [-0.1, -0.05) is 6.58 Å². The zero-order chi connectivity index (χ0) is 9.80. The van der Waals surface area contributed by atoms with E-state index in [1.165, 1.54) is 38.2 Å². The van der Waals surface area contributed by atoms with Crippen LogP contribution in [-0.2, 0) is 0 Å². The van der Waals surface area contributed by atoms with Gasteiger partial charge in [-0.05, 0) is 19.3 Å². The van der Waals surface area contributed by atoms with E-state index < -0.39 is 0 Å². The van der Waals surface area contributed by atoms with E-state index in [2.05, 4.69) is 21.7 Å². The van der Waals surface area contributed by atoms with Crippen LogP contribution in [0.25, 0.3) is 0 Å². The van der Waals surface area contributed by atoms with Crippen LogP contribution in [-0.4, -0.2) is 49.1 Å². The highest BCUT2D eigenvalue weighted by Gasteiger charge is 2.18. The Bertz CT molecular complexity index is 171. The number of rotatable bonds is 2.